The molecule has 0 unspecified atom stereocenters. The van der Waals surface area contributed by atoms with Crippen molar-refractivity contribution in [2.75, 3.05) is 118 Å². The molecule has 30 heteroatoms. The lowest BCUT2D eigenvalue weighted by Crippen LogP contribution is -2.49. The molecule has 8 rings (SSSR count). The Morgan fingerprint density at radius 3 is 1.27 bits per heavy atom. The molecule has 10 N–H and O–H groups in total. The van der Waals surface area contributed by atoms with Gasteiger partial charge < -0.3 is 61.2 Å². The van der Waals surface area contributed by atoms with Crippen LogP contribution in [0.25, 0.3) is 0 Å². The molecule has 498 valence electrons. The van der Waals surface area contributed by atoms with Crippen LogP contribution in [0.4, 0.5) is 18.4 Å². The number of nitrogens with one attached hydrogen (secondary N) is 6. The summed E-state index contributed by atoms with van der Waals surface area (Å²) in [6.07, 6.45) is 4.78. The van der Waals surface area contributed by atoms with Gasteiger partial charge in [0.2, 0.25) is 20.0 Å². The van der Waals surface area contributed by atoms with E-state index in [1.54, 1.807) is 38.1 Å². The number of urea groups is 2. The number of rotatable bonds is 33. The van der Waals surface area contributed by atoms with Gasteiger partial charge in [-0.1, -0.05) is 46.4 Å². The van der Waals surface area contributed by atoms with Gasteiger partial charge in [-0.15, -0.1) is 0 Å². The summed E-state index contributed by atoms with van der Waals surface area (Å²) >= 11 is 26.0. The Kier molecular flexibility index (Phi) is 27.0. The molecule has 0 bridgehead atoms. The molecule has 4 aromatic rings. The number of hydrogen-bond acceptors (Lipinski definition) is 16. The number of nitrogens with two attached hydrogens (primary N) is 2. The molecule has 0 radical (unpaired) electrons. The SMILES string of the molecule is Cc1cc(S(=O)(=O)NCCOCCOCCNC(=O)NCCCCNC(=O)NCCOCCOCCNS(=O)(=O)c2cc(C)c(O[C@H]3c4cc(Cl)cc(Cl)c4C[C@@H]3N3CCC[C@@H](N)C3)c(F)c2)cc(F)c1O[C@H]1c2cc(Cl)cc(Cl)c2C[C@@H]1N1CCC[C@@H](N)C1. The van der Waals surface area contributed by atoms with E-state index in [0.29, 0.717) is 83.1 Å². The Balaban J connectivity index is 0.602. The summed E-state index contributed by atoms with van der Waals surface area (Å²) in [4.78, 5) is 28.3. The maximum atomic E-state index is 15.8. The van der Waals surface area contributed by atoms with Gasteiger partial charge in [0.05, 0.1) is 74.7 Å². The zero-order valence-corrected chi connectivity index (χ0v) is 55.2. The molecule has 2 aliphatic heterocycles. The monoisotopic (exact) mass is 1380 g/mol. The molecular weight excluding hydrogens is 1300 g/mol. The quantitative estimate of drug-likeness (QED) is 0.0227. The van der Waals surface area contributed by atoms with E-state index in [2.05, 4.69) is 40.5 Å². The summed E-state index contributed by atoms with van der Waals surface area (Å²) in [5, 5.41) is 12.7. The highest BCUT2D eigenvalue weighted by atomic mass is 35.5. The highest BCUT2D eigenvalue weighted by Crippen LogP contribution is 2.46. The number of amides is 4. The molecule has 0 aromatic heterocycles. The number of benzene rings is 4. The number of piperidine rings is 2. The molecule has 2 aliphatic carbocycles. The molecule has 0 spiro atoms. The van der Waals surface area contributed by atoms with Crippen LogP contribution in [0.1, 0.15) is 84.1 Å². The fourth-order valence-corrected chi connectivity index (χ4v) is 15.1. The number of likely N-dealkylation sites (tertiary alicyclic amines) is 2. The minimum atomic E-state index is -4.11. The van der Waals surface area contributed by atoms with E-state index in [0.717, 1.165) is 73.2 Å². The van der Waals surface area contributed by atoms with Gasteiger partial charge in [-0.3, -0.25) is 9.80 Å². The van der Waals surface area contributed by atoms with E-state index >= 15 is 8.78 Å². The van der Waals surface area contributed by atoms with Crippen LogP contribution in [0.5, 0.6) is 11.5 Å². The number of carbonyl (C=O) groups excluding carboxylic acids is 2. The first-order chi connectivity index (χ1) is 43.1. The van der Waals surface area contributed by atoms with Gasteiger partial charge in [-0.25, -0.2) is 44.6 Å². The van der Waals surface area contributed by atoms with E-state index < -0.39 is 43.9 Å². The first kappa shape index (κ1) is 71.4. The van der Waals surface area contributed by atoms with Gasteiger partial charge >= 0.3 is 12.1 Å². The Morgan fingerprint density at radius 2 is 0.900 bits per heavy atom. The number of halogens is 6. The van der Waals surface area contributed by atoms with Crippen molar-refractivity contribution in [1.29, 1.82) is 0 Å². The second-order valence-corrected chi connectivity index (χ2v) is 28.0. The van der Waals surface area contributed by atoms with Crippen molar-refractivity contribution in [3.8, 4) is 11.5 Å². The summed E-state index contributed by atoms with van der Waals surface area (Å²) in [5.74, 6) is -1.77. The molecule has 2 heterocycles. The largest absolute Gasteiger partial charge is 0.481 e. The van der Waals surface area contributed by atoms with Crippen molar-refractivity contribution in [2.24, 2.45) is 11.5 Å². The molecule has 6 atom stereocenters. The number of unbranched alkanes of at least 4 members (excludes halogenated alkanes) is 1. The minimum absolute atomic E-state index is 0.000178. The van der Waals surface area contributed by atoms with Crippen LogP contribution in [0.2, 0.25) is 20.1 Å². The van der Waals surface area contributed by atoms with Gasteiger partial charge in [-0.05, 0) is 149 Å². The minimum Gasteiger partial charge on any atom is -0.481 e. The number of ether oxygens (including phenoxy) is 6. The molecule has 2 fully saturated rings. The number of nitrogens with zero attached hydrogens (tertiary/aromatic N) is 2. The van der Waals surface area contributed by atoms with Crippen molar-refractivity contribution in [3.63, 3.8) is 0 Å². The zero-order chi connectivity index (χ0) is 64.5. The second kappa shape index (κ2) is 34.1. The smallest absolute Gasteiger partial charge is 0.314 e. The molecule has 22 nitrogen and oxygen atoms in total. The van der Waals surface area contributed by atoms with Crippen LogP contribution < -0.4 is 51.7 Å². The first-order valence-corrected chi connectivity index (χ1v) is 34.8. The molecule has 4 amide bonds. The predicted octanol–water partition coefficient (Wildman–Crippen LogP) is 6.83. The second-order valence-electron chi connectivity index (χ2n) is 22.7. The standard InChI is InChI=1S/C60H82Cl4F2N10O12S2/c1-37-25-43(31-51(65)55(37)87-57-47-27-39(61)29-49(63)45(47)33-53(57)75-15-5-7-41(67)35-75)89(79,80)73-13-19-85-23-21-83-17-11-71-59(77)69-9-3-4-10-70-60(78)72-12-18-84-22-24-86-20-14-74-90(81,82)44-26-38(2)56(52(66)32-44)88-58-48-28-40(62)30-50(64)46(48)34-54(58)76-16-6-8-42(68)36-76/h25-32,41-42,53-54,57-58,73-74H,3-24,33-36,67-68H2,1-2H3,(H2,69,71,77)(H2,70,72,78)/t41-,42-,53+,54+,57+,58+/m1/s1. The fraction of sp³-hybridized carbons (Fsp3) is 0.567. The molecule has 90 heavy (non-hydrogen) atoms. The number of fused-ring (bicyclic) bond motifs is 2. The fourth-order valence-electron chi connectivity index (χ4n) is 11.7. The van der Waals surface area contributed by atoms with Crippen LogP contribution in [0.15, 0.2) is 58.3 Å². The van der Waals surface area contributed by atoms with Crippen molar-refractivity contribution < 1.29 is 63.6 Å². The average molecular weight is 1380 g/mol. The van der Waals surface area contributed by atoms with Gasteiger partial charge in [0.15, 0.2) is 23.1 Å². The Hall–Kier alpha value is -4.46. The highest BCUT2D eigenvalue weighted by Gasteiger charge is 2.43. The lowest BCUT2D eigenvalue weighted by Gasteiger charge is -2.38. The van der Waals surface area contributed by atoms with Crippen LogP contribution in [0.3, 0.4) is 0 Å². The molecule has 2 saturated heterocycles. The van der Waals surface area contributed by atoms with E-state index in [1.165, 1.54) is 12.1 Å². The van der Waals surface area contributed by atoms with Gasteiger partial charge in [0, 0.05) is 95.7 Å². The molecule has 4 aliphatic rings. The Labute approximate surface area is 545 Å². The molecular formula is C60H82Cl4F2N10O12S2. The number of hydrogen-bond donors (Lipinski definition) is 8. The normalized spacial score (nSPS) is 20.4. The predicted molar refractivity (Wildman–Crippen MR) is 340 cm³/mol. The Bertz CT molecular complexity index is 3070. The summed E-state index contributed by atoms with van der Waals surface area (Å²) in [5.41, 5.74) is 16.5. The maximum Gasteiger partial charge on any atom is 0.314 e. The molecule has 0 saturated carbocycles. The summed E-state index contributed by atoms with van der Waals surface area (Å²) in [7, 11) is -8.21. The third kappa shape index (κ3) is 20.0. The van der Waals surface area contributed by atoms with Crippen molar-refractivity contribution >= 4 is 78.5 Å². The third-order valence-corrected chi connectivity index (χ3v) is 20.0. The van der Waals surface area contributed by atoms with Crippen LogP contribution >= 0.6 is 46.4 Å². The van der Waals surface area contributed by atoms with Crippen LogP contribution in [-0.2, 0) is 51.8 Å². The lowest BCUT2D eigenvalue weighted by atomic mass is 10.0. The number of carbonyl (C=O) groups is 2. The Morgan fingerprint density at radius 1 is 0.533 bits per heavy atom. The van der Waals surface area contributed by atoms with Crippen LogP contribution in [0, 0.1) is 25.5 Å². The average Bonchev–Trinajstić information content (AvgIpc) is 1.65. The lowest BCUT2D eigenvalue weighted by molar-refractivity contribution is 0.0516. The summed E-state index contributed by atoms with van der Waals surface area (Å²) in [6, 6.07) is 10.4. The summed E-state index contributed by atoms with van der Waals surface area (Å²) < 4.78 is 124. The summed E-state index contributed by atoms with van der Waals surface area (Å²) in [6.45, 7) is 8.37. The van der Waals surface area contributed by atoms with Gasteiger partial charge in [0.25, 0.3) is 0 Å². The van der Waals surface area contributed by atoms with E-state index in [9.17, 15) is 26.4 Å². The third-order valence-electron chi connectivity index (χ3n) is 16.0. The zero-order valence-electron chi connectivity index (χ0n) is 50.5. The topological polar surface area (TPSA) is 288 Å². The number of aryl methyl sites for hydroxylation is 2. The van der Waals surface area contributed by atoms with Crippen molar-refractivity contribution in [2.45, 2.75) is 111 Å². The first-order valence-electron chi connectivity index (χ1n) is 30.3. The van der Waals surface area contributed by atoms with Gasteiger partial charge in [0.1, 0.15) is 12.2 Å². The van der Waals surface area contributed by atoms with E-state index in [1.807, 2.05) is 0 Å². The van der Waals surface area contributed by atoms with Crippen molar-refractivity contribution in [1.82, 2.24) is 40.5 Å². The maximum absolute atomic E-state index is 15.8. The van der Waals surface area contributed by atoms with E-state index in [4.69, 9.17) is 86.3 Å². The van der Waals surface area contributed by atoms with Gasteiger partial charge in [-0.2, -0.15) is 0 Å². The highest BCUT2D eigenvalue weighted by molar-refractivity contribution is 7.89. The van der Waals surface area contributed by atoms with Crippen molar-refractivity contribution in [3.05, 3.63) is 114 Å². The molecule has 4 aromatic carbocycles. The number of sulfonamides is 2. The van der Waals surface area contributed by atoms with E-state index in [-0.39, 0.29) is 137 Å². The van der Waals surface area contributed by atoms with Crippen LogP contribution in [-0.4, -0.2) is 181 Å².